The van der Waals surface area contributed by atoms with Crippen molar-refractivity contribution in [3.8, 4) is 6.07 Å². The highest BCUT2D eigenvalue weighted by Crippen LogP contribution is 2.43. The summed E-state index contributed by atoms with van der Waals surface area (Å²) in [5.74, 6) is -4.34. The molecule has 1 amide bonds. The summed E-state index contributed by atoms with van der Waals surface area (Å²) in [7, 11) is 2.16. The lowest BCUT2D eigenvalue weighted by Gasteiger charge is -2.36. The van der Waals surface area contributed by atoms with Crippen LogP contribution in [0.2, 0.25) is 0 Å². The molecule has 1 aliphatic heterocycles. The molecule has 9 nitrogen and oxygen atoms in total. The van der Waals surface area contributed by atoms with Crippen molar-refractivity contribution in [1.82, 2.24) is 5.32 Å². The Bertz CT molecular complexity index is 1330. The molecule has 37 heavy (non-hydrogen) atoms. The fourth-order valence-electron chi connectivity index (χ4n) is 3.85. The number of esters is 2. The number of amides is 1. The fourth-order valence-corrected chi connectivity index (χ4v) is 3.85. The summed E-state index contributed by atoms with van der Waals surface area (Å²) in [5.41, 5.74) is 5.90. The van der Waals surface area contributed by atoms with Gasteiger partial charge in [-0.2, -0.15) is 18.4 Å². The van der Waals surface area contributed by atoms with Gasteiger partial charge in [0.25, 0.3) is 5.91 Å². The standard InChI is InChI=1S/C25H21F3N4O5/c1-36-23(34)19-18(14-7-4-3-5-8-14)17(12-29)21(30)32(20(19)24(35)37-2)16-10-6-9-15(11-16)22(33)31-13-25(26,27)28/h3-11,18H,13,30H2,1-2H3,(H,31,33). The molecule has 0 radical (unpaired) electrons. The largest absolute Gasteiger partial charge is 0.466 e. The van der Waals surface area contributed by atoms with Crippen LogP contribution in [-0.2, 0) is 19.1 Å². The fraction of sp³-hybridized carbons (Fsp3) is 0.200. The average molecular weight is 514 g/mol. The van der Waals surface area contributed by atoms with E-state index in [2.05, 4.69) is 0 Å². The highest BCUT2D eigenvalue weighted by atomic mass is 19.4. The third-order valence-electron chi connectivity index (χ3n) is 5.43. The maximum atomic E-state index is 13.0. The normalized spacial score (nSPS) is 15.7. The van der Waals surface area contributed by atoms with Gasteiger partial charge in [0.2, 0.25) is 0 Å². The second-order valence-corrected chi connectivity index (χ2v) is 7.68. The monoisotopic (exact) mass is 514 g/mol. The molecule has 12 heteroatoms. The lowest BCUT2D eigenvalue weighted by molar-refractivity contribution is -0.139. The van der Waals surface area contributed by atoms with Crippen LogP contribution in [0.1, 0.15) is 21.8 Å². The van der Waals surface area contributed by atoms with Crippen LogP contribution in [0, 0.1) is 11.3 Å². The van der Waals surface area contributed by atoms with Gasteiger partial charge in [-0.3, -0.25) is 9.69 Å². The Morgan fingerprint density at radius 3 is 2.27 bits per heavy atom. The number of nitrogens with one attached hydrogen (secondary N) is 1. The highest BCUT2D eigenvalue weighted by molar-refractivity contribution is 6.06. The molecular weight excluding hydrogens is 493 g/mol. The van der Waals surface area contributed by atoms with Gasteiger partial charge in [0, 0.05) is 11.3 Å². The van der Waals surface area contributed by atoms with Gasteiger partial charge in [-0.15, -0.1) is 0 Å². The SMILES string of the molecule is COC(=O)C1=C(C(=O)OC)N(c2cccc(C(=O)NCC(F)(F)F)c2)C(N)=C(C#N)C1c1ccccc1. The molecule has 192 valence electrons. The summed E-state index contributed by atoms with van der Waals surface area (Å²) in [5, 5.41) is 11.8. The summed E-state index contributed by atoms with van der Waals surface area (Å²) in [6.07, 6.45) is -4.63. The lowest BCUT2D eigenvalue weighted by Crippen LogP contribution is -2.41. The molecule has 3 rings (SSSR count). The van der Waals surface area contributed by atoms with Crippen molar-refractivity contribution in [2.24, 2.45) is 5.73 Å². The zero-order chi connectivity index (χ0) is 27.3. The summed E-state index contributed by atoms with van der Waals surface area (Å²) in [6.45, 7) is -1.56. The Morgan fingerprint density at radius 1 is 1.05 bits per heavy atom. The van der Waals surface area contributed by atoms with Crippen molar-refractivity contribution >= 4 is 23.5 Å². The van der Waals surface area contributed by atoms with Crippen molar-refractivity contribution < 1.29 is 37.0 Å². The topological polar surface area (TPSA) is 135 Å². The molecule has 1 unspecified atom stereocenters. The number of benzene rings is 2. The van der Waals surface area contributed by atoms with E-state index >= 15 is 0 Å². The van der Waals surface area contributed by atoms with Gasteiger partial charge in [-0.1, -0.05) is 36.4 Å². The molecule has 0 bridgehead atoms. The number of alkyl halides is 3. The summed E-state index contributed by atoms with van der Waals surface area (Å²) in [6, 6.07) is 15.4. The number of anilines is 1. The van der Waals surface area contributed by atoms with E-state index in [9.17, 15) is 32.8 Å². The number of nitrogens with zero attached hydrogens (tertiary/aromatic N) is 2. The minimum atomic E-state index is -4.63. The first-order valence-corrected chi connectivity index (χ1v) is 10.6. The number of rotatable bonds is 6. The number of methoxy groups -OCH3 is 2. The molecule has 1 heterocycles. The summed E-state index contributed by atoms with van der Waals surface area (Å²) < 4.78 is 47.5. The highest BCUT2D eigenvalue weighted by Gasteiger charge is 2.43. The van der Waals surface area contributed by atoms with Crippen LogP contribution in [0.3, 0.4) is 0 Å². The van der Waals surface area contributed by atoms with E-state index in [0.29, 0.717) is 5.56 Å². The minimum absolute atomic E-state index is 0.0122. The average Bonchev–Trinajstić information content (AvgIpc) is 2.90. The van der Waals surface area contributed by atoms with E-state index in [1.165, 1.54) is 18.2 Å². The Balaban J connectivity index is 2.26. The second kappa shape index (κ2) is 10.9. The van der Waals surface area contributed by atoms with Crippen LogP contribution < -0.4 is 16.0 Å². The second-order valence-electron chi connectivity index (χ2n) is 7.68. The zero-order valence-corrected chi connectivity index (χ0v) is 19.6. The smallest absolute Gasteiger partial charge is 0.405 e. The first kappa shape index (κ1) is 26.8. The molecule has 0 aromatic heterocycles. The van der Waals surface area contributed by atoms with Gasteiger partial charge in [0.15, 0.2) is 0 Å². The third-order valence-corrected chi connectivity index (χ3v) is 5.43. The van der Waals surface area contributed by atoms with Crippen molar-refractivity contribution in [1.29, 1.82) is 5.26 Å². The van der Waals surface area contributed by atoms with E-state index in [1.54, 1.807) is 35.6 Å². The van der Waals surface area contributed by atoms with Crippen LogP contribution in [-0.4, -0.2) is 44.8 Å². The number of hydrogen-bond acceptors (Lipinski definition) is 8. The molecule has 2 aromatic rings. The number of carbonyl (C=O) groups excluding carboxylic acids is 3. The molecule has 0 aliphatic carbocycles. The molecule has 0 fully saturated rings. The van der Waals surface area contributed by atoms with Gasteiger partial charge in [-0.25, -0.2) is 9.59 Å². The molecule has 1 atom stereocenters. The number of allylic oxidation sites excluding steroid dienone is 1. The Hall–Kier alpha value is -4.79. The predicted octanol–water partition coefficient (Wildman–Crippen LogP) is 2.88. The van der Waals surface area contributed by atoms with Crippen LogP contribution in [0.5, 0.6) is 0 Å². The van der Waals surface area contributed by atoms with E-state index < -0.39 is 36.5 Å². The van der Waals surface area contributed by atoms with E-state index in [4.69, 9.17) is 15.2 Å². The Labute approximate surface area is 209 Å². The van der Waals surface area contributed by atoms with Gasteiger partial charge >= 0.3 is 18.1 Å². The van der Waals surface area contributed by atoms with E-state index in [-0.39, 0.29) is 33.9 Å². The molecule has 0 spiro atoms. The Kier molecular flexibility index (Phi) is 7.87. The predicted molar refractivity (Wildman–Crippen MR) is 124 cm³/mol. The maximum Gasteiger partial charge on any atom is 0.405 e. The Morgan fingerprint density at radius 2 is 1.70 bits per heavy atom. The number of hydrogen-bond donors (Lipinski definition) is 2. The first-order valence-electron chi connectivity index (χ1n) is 10.6. The van der Waals surface area contributed by atoms with Gasteiger partial charge in [0.1, 0.15) is 18.1 Å². The van der Waals surface area contributed by atoms with Crippen molar-refractivity contribution in [3.63, 3.8) is 0 Å². The minimum Gasteiger partial charge on any atom is -0.466 e. The number of nitrogens with two attached hydrogens (primary N) is 1. The van der Waals surface area contributed by atoms with Crippen LogP contribution in [0.15, 0.2) is 77.3 Å². The van der Waals surface area contributed by atoms with Gasteiger partial charge < -0.3 is 20.5 Å². The van der Waals surface area contributed by atoms with Gasteiger partial charge in [-0.05, 0) is 23.8 Å². The van der Waals surface area contributed by atoms with Crippen LogP contribution in [0.25, 0.3) is 0 Å². The van der Waals surface area contributed by atoms with E-state index in [1.807, 2.05) is 6.07 Å². The number of carbonyl (C=O) groups is 3. The van der Waals surface area contributed by atoms with Crippen molar-refractivity contribution in [3.05, 3.63) is 88.4 Å². The number of ether oxygens (including phenoxy) is 2. The quantitative estimate of drug-likeness (QED) is 0.562. The zero-order valence-electron chi connectivity index (χ0n) is 19.6. The van der Waals surface area contributed by atoms with Crippen molar-refractivity contribution in [2.75, 3.05) is 25.7 Å². The molecule has 3 N–H and O–H groups in total. The maximum absolute atomic E-state index is 13.0. The van der Waals surface area contributed by atoms with Crippen LogP contribution >= 0.6 is 0 Å². The number of nitriles is 1. The molecule has 2 aromatic carbocycles. The molecule has 1 aliphatic rings. The third kappa shape index (κ3) is 5.56. The molecule has 0 saturated carbocycles. The molecular formula is C25H21F3N4O5. The molecule has 0 saturated heterocycles. The lowest BCUT2D eigenvalue weighted by atomic mass is 9.81. The van der Waals surface area contributed by atoms with Crippen molar-refractivity contribution in [2.45, 2.75) is 12.1 Å². The summed E-state index contributed by atoms with van der Waals surface area (Å²) in [4.78, 5) is 39.4. The first-order chi connectivity index (χ1) is 17.5. The van der Waals surface area contributed by atoms with E-state index in [0.717, 1.165) is 25.2 Å². The summed E-state index contributed by atoms with van der Waals surface area (Å²) >= 11 is 0. The van der Waals surface area contributed by atoms with Crippen LogP contribution in [0.4, 0.5) is 18.9 Å². The number of halogens is 3. The van der Waals surface area contributed by atoms with Gasteiger partial charge in [0.05, 0.1) is 37.4 Å².